The monoisotopic (exact) mass is 474 g/mol. The van der Waals surface area contributed by atoms with Gasteiger partial charge in [-0.15, -0.1) is 0 Å². The molecule has 0 bridgehead atoms. The van der Waals surface area contributed by atoms with Crippen LogP contribution in [0, 0.1) is 0 Å². The van der Waals surface area contributed by atoms with Crippen LogP contribution in [0.3, 0.4) is 0 Å². The fraction of sp³-hybridized carbons (Fsp3) is 0.714. The van der Waals surface area contributed by atoms with Crippen molar-refractivity contribution < 1.29 is 47.6 Å². The van der Waals surface area contributed by atoms with Gasteiger partial charge in [-0.2, -0.15) is 0 Å². The third-order valence-corrected chi connectivity index (χ3v) is 5.78. The molecule has 1 unspecified atom stereocenters. The highest BCUT2D eigenvalue weighted by atomic mass is 32.1. The molecule has 0 aromatic heterocycles. The molecular formula is C21H30O10S. The van der Waals surface area contributed by atoms with E-state index in [2.05, 4.69) is 0 Å². The Morgan fingerprint density at radius 2 is 1.31 bits per heavy atom. The van der Waals surface area contributed by atoms with Crippen LogP contribution >= 0.6 is 10.9 Å². The number of rotatable bonds is 8. The highest BCUT2D eigenvalue weighted by molar-refractivity contribution is 7.97. The normalized spacial score (nSPS) is 27.0. The minimum atomic E-state index is -1.39. The van der Waals surface area contributed by atoms with Gasteiger partial charge in [-0.25, -0.2) is 0 Å². The molecule has 2 heterocycles. The number of hydrogen-bond acceptors (Lipinski definition) is 10. The molecule has 0 aliphatic carbocycles. The first kappa shape index (κ1) is 26.0. The molecule has 0 amide bonds. The summed E-state index contributed by atoms with van der Waals surface area (Å²) in [6.07, 6.45) is -5.07. The Hall–Kier alpha value is -2.24. The predicted molar refractivity (Wildman–Crippen MR) is 115 cm³/mol. The van der Waals surface area contributed by atoms with Crippen LogP contribution in [-0.2, 0) is 47.6 Å². The summed E-state index contributed by atoms with van der Waals surface area (Å²) in [6.45, 7) is 8.30. The van der Waals surface area contributed by atoms with E-state index >= 15 is 0 Å². The predicted octanol–water partition coefficient (Wildman–Crippen LogP) is 2.06. The van der Waals surface area contributed by atoms with Gasteiger partial charge < -0.3 is 28.4 Å². The number of esters is 4. The van der Waals surface area contributed by atoms with E-state index in [-0.39, 0.29) is 30.7 Å². The van der Waals surface area contributed by atoms with Crippen molar-refractivity contribution in [3.05, 3.63) is 0 Å². The molecule has 2 rings (SSSR count). The van der Waals surface area contributed by atoms with Crippen LogP contribution in [0.2, 0.25) is 0 Å². The summed E-state index contributed by atoms with van der Waals surface area (Å²) in [6, 6.07) is 0. The van der Waals surface area contributed by atoms with Crippen molar-refractivity contribution in [2.24, 2.45) is 0 Å². The molecule has 180 valence electrons. The maximum atomic E-state index is 12.2. The zero-order valence-electron chi connectivity index (χ0n) is 18.9. The van der Waals surface area contributed by atoms with Crippen LogP contribution in [0.1, 0.15) is 66.7 Å². The topological polar surface area (TPSA) is 124 Å². The molecule has 0 spiro atoms. The zero-order valence-corrected chi connectivity index (χ0v) is 19.7. The summed E-state index contributed by atoms with van der Waals surface area (Å²) in [4.78, 5) is 48.4. The van der Waals surface area contributed by atoms with Crippen molar-refractivity contribution in [1.29, 1.82) is 0 Å². The second-order valence-corrected chi connectivity index (χ2v) is 8.00. The van der Waals surface area contributed by atoms with E-state index in [1.165, 1.54) is 0 Å². The van der Waals surface area contributed by atoms with Crippen LogP contribution in [0.15, 0.2) is 0 Å². The van der Waals surface area contributed by atoms with Crippen LogP contribution in [0.5, 0.6) is 0 Å². The van der Waals surface area contributed by atoms with Crippen LogP contribution in [-0.4, -0.2) is 64.7 Å². The summed E-state index contributed by atoms with van der Waals surface area (Å²) in [5.41, 5.74) is 0. The first-order chi connectivity index (χ1) is 15.3. The van der Waals surface area contributed by atoms with Crippen molar-refractivity contribution in [2.45, 2.75) is 97.4 Å². The maximum absolute atomic E-state index is 12.2. The zero-order chi connectivity index (χ0) is 23.8. The average molecular weight is 475 g/mol. The first-order valence-electron chi connectivity index (χ1n) is 10.8. The van der Waals surface area contributed by atoms with Gasteiger partial charge in [0.25, 0.3) is 0 Å². The molecule has 1 saturated heterocycles. The van der Waals surface area contributed by atoms with E-state index in [1.54, 1.807) is 27.7 Å². The fourth-order valence-corrected chi connectivity index (χ4v) is 3.90. The molecule has 0 aromatic rings. The van der Waals surface area contributed by atoms with Crippen molar-refractivity contribution in [1.82, 2.24) is 0 Å². The lowest BCUT2D eigenvalue weighted by Crippen LogP contribution is -2.64. The van der Waals surface area contributed by atoms with Gasteiger partial charge in [0.1, 0.15) is 11.2 Å². The second kappa shape index (κ2) is 12.1. The van der Waals surface area contributed by atoms with E-state index in [1.807, 2.05) is 6.92 Å². The number of carbonyl (C=O) groups is 4. The van der Waals surface area contributed by atoms with Gasteiger partial charge in [-0.3, -0.25) is 19.2 Å². The van der Waals surface area contributed by atoms with E-state index in [0.717, 1.165) is 10.9 Å². The summed E-state index contributed by atoms with van der Waals surface area (Å²) < 4.78 is 33.8. The van der Waals surface area contributed by atoms with Gasteiger partial charge in [0.05, 0.1) is 0 Å². The number of carbonyl (C=O) groups excluding carboxylic acids is 4. The number of hydrogen-bond donors (Lipinski definition) is 0. The molecule has 0 N–H and O–H groups in total. The summed E-state index contributed by atoms with van der Waals surface area (Å²) in [7, 11) is 1.09. The molecular weight excluding hydrogens is 444 g/mol. The van der Waals surface area contributed by atoms with Gasteiger partial charge in [0, 0.05) is 32.1 Å². The van der Waals surface area contributed by atoms with E-state index in [9.17, 15) is 19.2 Å². The molecule has 10 nitrogen and oxygen atoms in total. The van der Waals surface area contributed by atoms with Gasteiger partial charge in [0.15, 0.2) is 17.3 Å². The molecule has 0 radical (unpaired) electrons. The average Bonchev–Trinajstić information content (AvgIpc) is 2.80. The molecule has 1 fully saturated rings. The van der Waals surface area contributed by atoms with Crippen molar-refractivity contribution in [3.8, 4) is 0 Å². The van der Waals surface area contributed by atoms with Gasteiger partial charge in [0.2, 0.25) is 12.4 Å². The molecule has 11 heteroatoms. The maximum Gasteiger partial charge on any atom is 0.311 e. The lowest BCUT2D eigenvalue weighted by atomic mass is 9.97. The first-order valence-corrected chi connectivity index (χ1v) is 11.6. The minimum absolute atomic E-state index is 0.0437. The second-order valence-electron chi connectivity index (χ2n) is 6.94. The van der Waals surface area contributed by atoms with Crippen LogP contribution in [0.25, 0.3) is 0 Å². The molecule has 32 heavy (non-hydrogen) atoms. The van der Waals surface area contributed by atoms with Crippen molar-refractivity contribution in [2.75, 3.05) is 0 Å². The standard InChI is InChI=1S/C21H30O10S/c1-6-11(22)26-16-17-19(21(29-14(25)9-4)32-15(10-5)30-17)31-20(28-13(24)8-3)18(16)27-12(23)7-2/h16-20H,6-10H2,1-5H3/t16-,17-,18+,19-,20?/m0/s1. The van der Waals surface area contributed by atoms with Crippen LogP contribution < -0.4 is 0 Å². The molecule has 0 aromatic carbocycles. The quantitative estimate of drug-likeness (QED) is 0.293. The molecule has 2 aliphatic heterocycles. The summed E-state index contributed by atoms with van der Waals surface area (Å²) in [5, 5.41) is 0.691. The highest BCUT2D eigenvalue weighted by Crippen LogP contribution is 2.33. The minimum Gasteiger partial charge on any atom is -0.455 e. The van der Waals surface area contributed by atoms with Crippen molar-refractivity contribution >= 4 is 44.9 Å². The lowest BCUT2D eigenvalue weighted by Gasteiger charge is -2.45. The van der Waals surface area contributed by atoms with Crippen LogP contribution in [0.4, 0.5) is 0 Å². The molecule has 0 saturated carbocycles. The Balaban J connectivity index is 2.52. The van der Waals surface area contributed by atoms with Gasteiger partial charge >= 0.3 is 23.9 Å². The van der Waals surface area contributed by atoms with E-state index in [0.29, 0.717) is 11.5 Å². The summed E-state index contributed by atoms with van der Waals surface area (Å²) in [5.74, 6) is -2.26. The van der Waals surface area contributed by atoms with E-state index in [4.69, 9.17) is 28.4 Å². The molecule has 2 aliphatic rings. The SMILES string of the molecule is CCC(=O)OC1=S=C(CC)O[C@H]2[C@H](OC(=O)CC)[C@@H](OC(=O)CC)C(OC(=O)CC)O[C@H]12. The Morgan fingerprint density at radius 1 is 0.781 bits per heavy atom. The third-order valence-electron chi connectivity index (χ3n) is 4.65. The van der Waals surface area contributed by atoms with E-state index < -0.39 is 54.6 Å². The highest BCUT2D eigenvalue weighted by Gasteiger charge is 2.55. The Labute approximate surface area is 190 Å². The number of fused-ring (bicyclic) bond motifs is 1. The largest absolute Gasteiger partial charge is 0.455 e. The fourth-order valence-electron chi connectivity index (χ4n) is 2.93. The summed E-state index contributed by atoms with van der Waals surface area (Å²) >= 11 is 0. The Kier molecular flexibility index (Phi) is 9.85. The third kappa shape index (κ3) is 6.39. The lowest BCUT2D eigenvalue weighted by molar-refractivity contribution is -0.282. The smallest absolute Gasteiger partial charge is 0.311 e. The van der Waals surface area contributed by atoms with Crippen molar-refractivity contribution in [3.63, 3.8) is 0 Å². The Bertz CT molecular complexity index is 800. The van der Waals surface area contributed by atoms with Gasteiger partial charge in [-0.1, -0.05) is 45.6 Å². The molecule has 5 atom stereocenters. The Morgan fingerprint density at radius 3 is 1.84 bits per heavy atom. The number of ether oxygens (including phenoxy) is 6. The van der Waals surface area contributed by atoms with Gasteiger partial charge in [-0.05, 0) is 0 Å².